The molecule has 0 fully saturated rings. The number of unbranched alkanes of at least 4 members (excludes halogenated alkanes) is 9. The van der Waals surface area contributed by atoms with E-state index in [2.05, 4.69) is 34.6 Å². The van der Waals surface area contributed by atoms with Crippen molar-refractivity contribution in [3.8, 4) is 0 Å². The van der Waals surface area contributed by atoms with Gasteiger partial charge < -0.3 is 9.47 Å². The Labute approximate surface area is 165 Å². The molecule has 2 heteroatoms. The van der Waals surface area contributed by atoms with Crippen LogP contribution in [0.5, 0.6) is 0 Å². The maximum absolute atomic E-state index is 6.49. The van der Waals surface area contributed by atoms with E-state index in [-0.39, 0.29) is 5.79 Å². The SMILES string of the molecule is CCCCCCCCC(CC)C(CC)(OCCCCC)OCCCCC. The fourth-order valence-electron chi connectivity index (χ4n) is 3.87. The topological polar surface area (TPSA) is 18.5 Å². The highest BCUT2D eigenvalue weighted by Crippen LogP contribution is 2.35. The Morgan fingerprint density at radius 2 is 1.04 bits per heavy atom. The van der Waals surface area contributed by atoms with E-state index in [1.807, 2.05) is 0 Å². The molecular weight excluding hydrogens is 320 g/mol. The molecular formula is C24H50O2. The highest BCUT2D eigenvalue weighted by atomic mass is 16.7. The molecule has 0 spiro atoms. The Kier molecular flexibility index (Phi) is 18.2. The third-order valence-electron chi connectivity index (χ3n) is 5.70. The van der Waals surface area contributed by atoms with Crippen LogP contribution in [0.25, 0.3) is 0 Å². The zero-order valence-corrected chi connectivity index (χ0v) is 18.9. The molecule has 0 saturated heterocycles. The molecule has 0 rings (SSSR count). The molecule has 1 atom stereocenters. The predicted octanol–water partition coefficient (Wildman–Crippen LogP) is 8.28. The molecule has 0 N–H and O–H groups in total. The normalized spacial score (nSPS) is 13.3. The first-order chi connectivity index (χ1) is 12.7. The van der Waals surface area contributed by atoms with Crippen LogP contribution in [0.15, 0.2) is 0 Å². The van der Waals surface area contributed by atoms with Crippen LogP contribution in [-0.4, -0.2) is 19.0 Å². The fraction of sp³-hybridized carbons (Fsp3) is 1.00. The standard InChI is InChI=1S/C24H50O2/c1-6-11-14-15-16-17-20-23(9-4)24(10-5,25-21-18-12-7-2)26-22-19-13-8-3/h23H,6-22H2,1-5H3. The monoisotopic (exact) mass is 370 g/mol. The summed E-state index contributed by atoms with van der Waals surface area (Å²) >= 11 is 0. The zero-order chi connectivity index (χ0) is 19.5. The Morgan fingerprint density at radius 1 is 0.577 bits per heavy atom. The van der Waals surface area contributed by atoms with Gasteiger partial charge in [0, 0.05) is 5.92 Å². The molecule has 0 heterocycles. The lowest BCUT2D eigenvalue weighted by Gasteiger charge is -2.40. The summed E-state index contributed by atoms with van der Waals surface area (Å²) in [5.74, 6) is 0.182. The maximum atomic E-state index is 6.49. The molecule has 0 radical (unpaired) electrons. The van der Waals surface area contributed by atoms with Crippen molar-refractivity contribution in [3.05, 3.63) is 0 Å². The summed E-state index contributed by atoms with van der Waals surface area (Å²) in [5.41, 5.74) is 0. The summed E-state index contributed by atoms with van der Waals surface area (Å²) in [4.78, 5) is 0. The van der Waals surface area contributed by atoms with Crippen molar-refractivity contribution in [2.45, 2.75) is 137 Å². The minimum absolute atomic E-state index is 0.348. The van der Waals surface area contributed by atoms with Gasteiger partial charge in [0.25, 0.3) is 0 Å². The quantitative estimate of drug-likeness (QED) is 0.158. The van der Waals surface area contributed by atoms with Gasteiger partial charge in [0.1, 0.15) is 0 Å². The van der Waals surface area contributed by atoms with Crippen molar-refractivity contribution < 1.29 is 9.47 Å². The van der Waals surface area contributed by atoms with Crippen molar-refractivity contribution in [1.82, 2.24) is 0 Å². The Morgan fingerprint density at radius 3 is 1.50 bits per heavy atom. The number of rotatable bonds is 20. The molecule has 0 saturated carbocycles. The van der Waals surface area contributed by atoms with Gasteiger partial charge in [-0.05, 0) is 32.1 Å². The molecule has 0 aliphatic carbocycles. The van der Waals surface area contributed by atoms with E-state index in [1.54, 1.807) is 0 Å². The molecule has 0 aliphatic rings. The second-order valence-electron chi connectivity index (χ2n) is 7.94. The van der Waals surface area contributed by atoms with Crippen molar-refractivity contribution >= 4 is 0 Å². The van der Waals surface area contributed by atoms with Crippen molar-refractivity contribution in [2.24, 2.45) is 5.92 Å². The van der Waals surface area contributed by atoms with Crippen molar-refractivity contribution in [3.63, 3.8) is 0 Å². The van der Waals surface area contributed by atoms with E-state index in [9.17, 15) is 0 Å². The van der Waals surface area contributed by atoms with E-state index in [0.717, 1.165) is 38.9 Å². The molecule has 0 aromatic carbocycles. The fourth-order valence-corrected chi connectivity index (χ4v) is 3.87. The van der Waals surface area contributed by atoms with Crippen molar-refractivity contribution in [1.29, 1.82) is 0 Å². The van der Waals surface area contributed by atoms with Crippen LogP contribution in [0.1, 0.15) is 131 Å². The molecule has 0 aromatic rings. The first-order valence-electron chi connectivity index (χ1n) is 12.0. The third-order valence-corrected chi connectivity index (χ3v) is 5.70. The molecule has 0 aromatic heterocycles. The second-order valence-corrected chi connectivity index (χ2v) is 7.94. The van der Waals surface area contributed by atoms with Crippen LogP contribution < -0.4 is 0 Å². The van der Waals surface area contributed by atoms with Gasteiger partial charge in [-0.2, -0.15) is 0 Å². The molecule has 26 heavy (non-hydrogen) atoms. The molecule has 2 nitrogen and oxygen atoms in total. The summed E-state index contributed by atoms with van der Waals surface area (Å²) in [6.07, 6.45) is 18.9. The summed E-state index contributed by atoms with van der Waals surface area (Å²) in [6, 6.07) is 0. The highest BCUT2D eigenvalue weighted by Gasteiger charge is 2.37. The van der Waals surface area contributed by atoms with Crippen LogP contribution in [0.4, 0.5) is 0 Å². The zero-order valence-electron chi connectivity index (χ0n) is 18.9. The van der Waals surface area contributed by atoms with E-state index in [4.69, 9.17) is 9.47 Å². The van der Waals surface area contributed by atoms with Gasteiger partial charge in [-0.25, -0.2) is 0 Å². The lowest BCUT2D eigenvalue weighted by Crippen LogP contribution is -2.44. The van der Waals surface area contributed by atoms with Gasteiger partial charge in [-0.1, -0.05) is 98.8 Å². The third kappa shape index (κ3) is 11.6. The summed E-state index contributed by atoms with van der Waals surface area (Å²) in [6.45, 7) is 13.1. The minimum Gasteiger partial charge on any atom is -0.350 e. The second kappa shape index (κ2) is 18.3. The van der Waals surface area contributed by atoms with E-state index in [0.29, 0.717) is 5.92 Å². The first-order valence-corrected chi connectivity index (χ1v) is 12.0. The molecule has 0 amide bonds. The number of ether oxygens (including phenoxy) is 2. The van der Waals surface area contributed by atoms with E-state index >= 15 is 0 Å². The lowest BCUT2D eigenvalue weighted by atomic mass is 9.87. The van der Waals surface area contributed by atoms with E-state index in [1.165, 1.54) is 70.6 Å². The van der Waals surface area contributed by atoms with Gasteiger partial charge in [-0.15, -0.1) is 0 Å². The Balaban J connectivity index is 4.63. The smallest absolute Gasteiger partial charge is 0.170 e. The maximum Gasteiger partial charge on any atom is 0.170 e. The molecule has 0 aliphatic heterocycles. The van der Waals surface area contributed by atoms with Gasteiger partial charge in [0.05, 0.1) is 13.2 Å². The van der Waals surface area contributed by atoms with Crippen LogP contribution in [0.3, 0.4) is 0 Å². The van der Waals surface area contributed by atoms with Crippen molar-refractivity contribution in [2.75, 3.05) is 13.2 Å². The summed E-state index contributed by atoms with van der Waals surface area (Å²) in [7, 11) is 0. The Hall–Kier alpha value is -0.0800. The minimum atomic E-state index is -0.348. The van der Waals surface area contributed by atoms with Crippen LogP contribution in [0, 0.1) is 5.92 Å². The highest BCUT2D eigenvalue weighted by molar-refractivity contribution is 4.79. The van der Waals surface area contributed by atoms with Gasteiger partial charge in [-0.3, -0.25) is 0 Å². The largest absolute Gasteiger partial charge is 0.350 e. The van der Waals surface area contributed by atoms with Crippen LogP contribution in [-0.2, 0) is 9.47 Å². The molecule has 0 bridgehead atoms. The number of hydrogen-bond donors (Lipinski definition) is 0. The Bertz CT molecular complexity index is 265. The van der Waals surface area contributed by atoms with E-state index < -0.39 is 0 Å². The van der Waals surface area contributed by atoms with Crippen LogP contribution >= 0.6 is 0 Å². The van der Waals surface area contributed by atoms with Gasteiger partial charge in [0.2, 0.25) is 0 Å². The predicted molar refractivity (Wildman–Crippen MR) is 116 cm³/mol. The molecule has 1 unspecified atom stereocenters. The summed E-state index contributed by atoms with van der Waals surface area (Å²) < 4.78 is 13.0. The number of hydrogen-bond acceptors (Lipinski definition) is 2. The van der Waals surface area contributed by atoms with Gasteiger partial charge in [0.15, 0.2) is 5.79 Å². The average Bonchev–Trinajstić information content (AvgIpc) is 2.67. The molecule has 158 valence electrons. The average molecular weight is 371 g/mol. The lowest BCUT2D eigenvalue weighted by molar-refractivity contribution is -0.272. The summed E-state index contributed by atoms with van der Waals surface area (Å²) in [5, 5.41) is 0. The first kappa shape index (κ1) is 25.9. The van der Waals surface area contributed by atoms with Crippen LogP contribution in [0.2, 0.25) is 0 Å². The van der Waals surface area contributed by atoms with Gasteiger partial charge >= 0.3 is 0 Å².